The Labute approximate surface area is 205 Å². The number of carbonyl (C=O) groups is 2. The van der Waals surface area contributed by atoms with Crippen LogP contribution in [0.3, 0.4) is 0 Å². The summed E-state index contributed by atoms with van der Waals surface area (Å²) in [5.74, 6) is -2.14. The standard InChI is InChI=1S/C25H19N5O6/c1-35-24(31)16(13-26)10-18-6-8-21(28-18)23(15-4-3-5-20(12-15)30(33)34)22-9-7-19(29-22)11-17(14-27)25(32)36-2/h3-12,23,28-29H,1-2H3/b16-10+,17-11+. The third kappa shape index (κ3) is 5.55. The molecular formula is C25H19N5O6. The van der Waals surface area contributed by atoms with Crippen LogP contribution in [-0.2, 0) is 19.1 Å². The van der Waals surface area contributed by atoms with Crippen molar-refractivity contribution in [2.24, 2.45) is 0 Å². The van der Waals surface area contributed by atoms with Crippen LogP contribution in [0.25, 0.3) is 12.2 Å². The summed E-state index contributed by atoms with van der Waals surface area (Å²) in [5, 5.41) is 29.8. The molecule has 0 amide bonds. The van der Waals surface area contributed by atoms with E-state index >= 15 is 0 Å². The number of methoxy groups -OCH3 is 2. The summed E-state index contributed by atoms with van der Waals surface area (Å²) in [6.45, 7) is 0. The zero-order chi connectivity index (χ0) is 26.2. The second-order valence-electron chi connectivity index (χ2n) is 7.35. The smallest absolute Gasteiger partial charge is 0.348 e. The van der Waals surface area contributed by atoms with Crippen LogP contribution in [-0.4, -0.2) is 41.0 Å². The molecule has 36 heavy (non-hydrogen) atoms. The number of H-pyrrole nitrogens is 2. The van der Waals surface area contributed by atoms with Crippen molar-refractivity contribution in [3.8, 4) is 12.1 Å². The van der Waals surface area contributed by atoms with Gasteiger partial charge < -0.3 is 19.4 Å². The van der Waals surface area contributed by atoms with Gasteiger partial charge in [0.25, 0.3) is 5.69 Å². The number of esters is 2. The van der Waals surface area contributed by atoms with E-state index < -0.39 is 22.8 Å². The first-order valence-electron chi connectivity index (χ1n) is 10.3. The molecule has 0 aliphatic rings. The molecular weight excluding hydrogens is 466 g/mol. The van der Waals surface area contributed by atoms with E-state index in [1.807, 2.05) is 0 Å². The highest BCUT2D eigenvalue weighted by Gasteiger charge is 2.22. The Kier molecular flexibility index (Phi) is 7.80. The third-order valence-corrected chi connectivity index (χ3v) is 5.15. The van der Waals surface area contributed by atoms with Crippen molar-refractivity contribution in [1.29, 1.82) is 10.5 Å². The molecule has 0 radical (unpaired) electrons. The Hall–Kier alpha value is -5.42. The van der Waals surface area contributed by atoms with Crippen molar-refractivity contribution < 1.29 is 24.0 Å². The average molecular weight is 485 g/mol. The normalized spacial score (nSPS) is 12.2. The van der Waals surface area contributed by atoms with Crippen molar-refractivity contribution in [3.63, 3.8) is 0 Å². The van der Waals surface area contributed by atoms with E-state index in [-0.39, 0.29) is 16.8 Å². The summed E-state index contributed by atoms with van der Waals surface area (Å²) >= 11 is 0. The highest BCUT2D eigenvalue weighted by atomic mass is 16.6. The van der Waals surface area contributed by atoms with Gasteiger partial charge in [0.2, 0.25) is 0 Å². The number of hydrogen-bond acceptors (Lipinski definition) is 8. The van der Waals surface area contributed by atoms with Crippen LogP contribution in [0.1, 0.15) is 34.3 Å². The molecule has 2 heterocycles. The fraction of sp³-hybridized carbons (Fsp3) is 0.120. The minimum Gasteiger partial charge on any atom is -0.465 e. The number of nitro benzene ring substituents is 1. The molecule has 3 aromatic rings. The Morgan fingerprint density at radius 2 is 1.42 bits per heavy atom. The zero-order valence-electron chi connectivity index (χ0n) is 19.1. The lowest BCUT2D eigenvalue weighted by Gasteiger charge is -2.15. The molecule has 11 nitrogen and oxygen atoms in total. The summed E-state index contributed by atoms with van der Waals surface area (Å²) in [6.07, 6.45) is 2.66. The number of aromatic amines is 2. The summed E-state index contributed by atoms with van der Waals surface area (Å²) < 4.78 is 9.20. The number of benzene rings is 1. The molecule has 0 unspecified atom stereocenters. The first-order chi connectivity index (χ1) is 17.3. The molecule has 0 bridgehead atoms. The number of nitrogens with zero attached hydrogens (tertiary/aromatic N) is 3. The number of nitrogens with one attached hydrogen (secondary N) is 2. The van der Waals surface area contributed by atoms with Crippen LogP contribution >= 0.6 is 0 Å². The maximum absolute atomic E-state index is 11.8. The van der Waals surface area contributed by atoms with Gasteiger partial charge in [0.15, 0.2) is 0 Å². The lowest BCUT2D eigenvalue weighted by atomic mass is 9.92. The molecule has 2 aromatic heterocycles. The highest BCUT2D eigenvalue weighted by Crippen LogP contribution is 2.33. The molecule has 0 saturated carbocycles. The summed E-state index contributed by atoms with van der Waals surface area (Å²) in [4.78, 5) is 40.6. The van der Waals surface area contributed by atoms with Crippen LogP contribution in [0, 0.1) is 32.8 Å². The van der Waals surface area contributed by atoms with Gasteiger partial charge in [-0.05, 0) is 42.0 Å². The number of nitro groups is 1. The topological polar surface area (TPSA) is 175 Å². The van der Waals surface area contributed by atoms with Crippen LogP contribution in [0.2, 0.25) is 0 Å². The fourth-order valence-electron chi connectivity index (χ4n) is 3.51. The molecule has 11 heteroatoms. The summed E-state index contributed by atoms with van der Waals surface area (Å²) in [7, 11) is 2.34. The van der Waals surface area contributed by atoms with Crippen molar-refractivity contribution in [3.05, 3.63) is 98.1 Å². The molecule has 2 N–H and O–H groups in total. The molecule has 0 spiro atoms. The minimum absolute atomic E-state index is 0.106. The molecule has 0 aliphatic carbocycles. The molecule has 1 aromatic carbocycles. The van der Waals surface area contributed by atoms with Gasteiger partial charge in [-0.3, -0.25) is 10.1 Å². The average Bonchev–Trinajstić information content (AvgIpc) is 3.55. The van der Waals surface area contributed by atoms with E-state index in [0.29, 0.717) is 28.3 Å². The first-order valence-corrected chi connectivity index (χ1v) is 10.3. The number of nitriles is 2. The monoisotopic (exact) mass is 485 g/mol. The second-order valence-corrected chi connectivity index (χ2v) is 7.35. The number of aromatic nitrogens is 2. The van der Waals surface area contributed by atoms with Crippen molar-refractivity contribution in [2.75, 3.05) is 14.2 Å². The quantitative estimate of drug-likeness (QED) is 0.160. The van der Waals surface area contributed by atoms with Gasteiger partial charge in [-0.15, -0.1) is 0 Å². The molecule has 180 valence electrons. The number of ether oxygens (including phenoxy) is 2. The van der Waals surface area contributed by atoms with Crippen LogP contribution < -0.4 is 0 Å². The van der Waals surface area contributed by atoms with E-state index in [1.54, 1.807) is 48.5 Å². The third-order valence-electron chi connectivity index (χ3n) is 5.15. The van der Waals surface area contributed by atoms with Gasteiger partial charge in [-0.25, -0.2) is 9.59 Å². The number of rotatable bonds is 8. The lowest BCUT2D eigenvalue weighted by Crippen LogP contribution is -2.06. The van der Waals surface area contributed by atoms with Gasteiger partial charge in [-0.2, -0.15) is 10.5 Å². The van der Waals surface area contributed by atoms with E-state index in [1.165, 1.54) is 38.5 Å². The number of hydrogen-bond donors (Lipinski definition) is 2. The van der Waals surface area contributed by atoms with Crippen molar-refractivity contribution in [2.45, 2.75) is 5.92 Å². The highest BCUT2D eigenvalue weighted by molar-refractivity contribution is 5.98. The van der Waals surface area contributed by atoms with Gasteiger partial charge in [0.05, 0.1) is 25.1 Å². The van der Waals surface area contributed by atoms with Crippen LogP contribution in [0.4, 0.5) is 5.69 Å². The van der Waals surface area contributed by atoms with E-state index in [0.717, 1.165) is 0 Å². The van der Waals surface area contributed by atoms with E-state index in [2.05, 4.69) is 19.4 Å². The van der Waals surface area contributed by atoms with Crippen LogP contribution in [0.15, 0.2) is 59.7 Å². The SMILES string of the molecule is COC(=O)/C(C#N)=C/c1ccc(C(c2cccc([N+](=O)[O-])c2)c2ccc(/C=C(\C#N)C(=O)OC)[nH]2)[nH]1. The van der Waals surface area contributed by atoms with Gasteiger partial charge >= 0.3 is 11.9 Å². The zero-order valence-corrected chi connectivity index (χ0v) is 19.1. The number of carbonyl (C=O) groups excluding carboxylic acids is 2. The molecule has 0 saturated heterocycles. The largest absolute Gasteiger partial charge is 0.465 e. The van der Waals surface area contributed by atoms with Crippen LogP contribution in [0.5, 0.6) is 0 Å². The van der Waals surface area contributed by atoms with Gasteiger partial charge in [-0.1, -0.05) is 12.1 Å². The van der Waals surface area contributed by atoms with E-state index in [4.69, 9.17) is 0 Å². The predicted molar refractivity (Wildman–Crippen MR) is 127 cm³/mol. The molecule has 0 fully saturated rings. The number of non-ortho nitro benzene ring substituents is 1. The Balaban J connectivity index is 2.11. The molecule has 0 aliphatic heterocycles. The maximum atomic E-state index is 11.8. The predicted octanol–water partition coefficient (Wildman–Crippen LogP) is 3.59. The lowest BCUT2D eigenvalue weighted by molar-refractivity contribution is -0.384. The fourth-order valence-corrected chi connectivity index (χ4v) is 3.51. The Morgan fingerprint density at radius 3 is 1.83 bits per heavy atom. The summed E-state index contributed by atoms with van der Waals surface area (Å²) in [6, 6.07) is 16.4. The van der Waals surface area contributed by atoms with Crippen molar-refractivity contribution >= 4 is 29.8 Å². The maximum Gasteiger partial charge on any atom is 0.348 e. The second kappa shape index (κ2) is 11.1. The van der Waals surface area contributed by atoms with Gasteiger partial charge in [0, 0.05) is 34.9 Å². The van der Waals surface area contributed by atoms with Crippen molar-refractivity contribution in [1.82, 2.24) is 9.97 Å². The Bertz CT molecular complexity index is 1380. The Morgan fingerprint density at radius 1 is 0.917 bits per heavy atom. The van der Waals surface area contributed by atoms with Gasteiger partial charge in [0.1, 0.15) is 23.3 Å². The summed E-state index contributed by atoms with van der Waals surface area (Å²) in [5.41, 5.74) is 2.10. The first kappa shape index (κ1) is 25.2. The molecule has 3 rings (SSSR count). The van der Waals surface area contributed by atoms with E-state index in [9.17, 15) is 30.2 Å². The minimum atomic E-state index is -0.788. The molecule has 0 atom stereocenters.